The van der Waals surface area contributed by atoms with Crippen molar-refractivity contribution in [3.63, 3.8) is 0 Å². The Hall–Kier alpha value is -2.23. The smallest absolute Gasteiger partial charge is 0.240 e. The van der Waals surface area contributed by atoms with E-state index in [4.69, 9.17) is 9.47 Å². The first-order chi connectivity index (χ1) is 13.7. The summed E-state index contributed by atoms with van der Waals surface area (Å²) in [5.41, 5.74) is 0.298. The zero-order chi connectivity index (χ0) is 21.6. The highest BCUT2D eigenvalue weighted by Crippen LogP contribution is 2.30. The maximum Gasteiger partial charge on any atom is 0.240 e. The molecule has 2 N–H and O–H groups in total. The number of amides is 1. The monoisotopic (exact) mass is 438 g/mol. The van der Waals surface area contributed by atoms with Gasteiger partial charge in [-0.15, -0.1) is 11.8 Å². The molecule has 1 amide bonds. The Bertz CT molecular complexity index is 944. The van der Waals surface area contributed by atoms with Gasteiger partial charge in [-0.1, -0.05) is 0 Å². The highest BCUT2D eigenvalue weighted by atomic mass is 32.2. The van der Waals surface area contributed by atoms with Crippen LogP contribution in [-0.2, 0) is 14.8 Å². The fourth-order valence-electron chi connectivity index (χ4n) is 2.48. The van der Waals surface area contributed by atoms with Crippen LogP contribution in [0.15, 0.2) is 52.3 Å². The minimum atomic E-state index is -3.69. The molecule has 0 radical (unpaired) electrons. The lowest BCUT2D eigenvalue weighted by molar-refractivity contribution is -0.115. The molecule has 2 aromatic rings. The third-order valence-corrected chi connectivity index (χ3v) is 6.64. The minimum absolute atomic E-state index is 0.0535. The number of ether oxygens (including phenoxy) is 2. The molecule has 0 spiro atoms. The van der Waals surface area contributed by atoms with Gasteiger partial charge >= 0.3 is 0 Å². The maximum atomic E-state index is 12.7. The van der Waals surface area contributed by atoms with Gasteiger partial charge < -0.3 is 14.8 Å². The lowest BCUT2D eigenvalue weighted by atomic mass is 10.3. The molecule has 29 heavy (non-hydrogen) atoms. The molecule has 0 aliphatic rings. The second kappa shape index (κ2) is 10.00. The summed E-state index contributed by atoms with van der Waals surface area (Å²) in [6.07, 6.45) is 0. The van der Waals surface area contributed by atoms with Crippen LogP contribution in [0.2, 0.25) is 0 Å². The van der Waals surface area contributed by atoms with Crippen molar-refractivity contribution in [2.24, 2.45) is 0 Å². The number of carbonyl (C=O) groups is 1. The van der Waals surface area contributed by atoms with E-state index >= 15 is 0 Å². The Morgan fingerprint density at radius 2 is 1.66 bits per heavy atom. The van der Waals surface area contributed by atoms with Gasteiger partial charge in [0, 0.05) is 10.9 Å². The van der Waals surface area contributed by atoms with Crippen LogP contribution in [0.25, 0.3) is 0 Å². The van der Waals surface area contributed by atoms with Gasteiger partial charge in [0.1, 0.15) is 11.5 Å². The van der Waals surface area contributed by atoms with E-state index < -0.39 is 15.3 Å². The first-order valence-electron chi connectivity index (χ1n) is 8.98. The number of anilines is 1. The molecule has 0 aliphatic heterocycles. The Balaban J connectivity index is 2.17. The maximum absolute atomic E-state index is 12.7. The molecule has 1 atom stereocenters. The first-order valence-corrected chi connectivity index (χ1v) is 11.3. The summed E-state index contributed by atoms with van der Waals surface area (Å²) in [6, 6.07) is 11.5. The minimum Gasteiger partial charge on any atom is -0.497 e. The standard InChI is InChI=1S/C20H26N2O5S2/c1-13(2)22-29(24,25)17-10-11-19(27-5)18(12-17)21-20(23)14(3)28-16-8-6-15(26-4)7-9-16/h6-14,22H,1-5H3,(H,21,23)/t14-/m1/s1. The van der Waals surface area contributed by atoms with Gasteiger partial charge in [-0.3, -0.25) is 4.79 Å². The second-order valence-electron chi connectivity index (χ2n) is 6.56. The van der Waals surface area contributed by atoms with E-state index in [1.807, 2.05) is 24.3 Å². The van der Waals surface area contributed by atoms with Crippen LogP contribution < -0.4 is 19.5 Å². The topological polar surface area (TPSA) is 93.7 Å². The van der Waals surface area contributed by atoms with Gasteiger partial charge in [0.15, 0.2) is 0 Å². The van der Waals surface area contributed by atoms with E-state index in [1.54, 1.807) is 27.9 Å². The number of nitrogens with one attached hydrogen (secondary N) is 2. The van der Waals surface area contributed by atoms with Crippen molar-refractivity contribution in [1.29, 1.82) is 0 Å². The predicted octanol–water partition coefficient (Wildman–Crippen LogP) is 3.51. The van der Waals surface area contributed by atoms with Crippen LogP contribution in [0.4, 0.5) is 5.69 Å². The van der Waals surface area contributed by atoms with Gasteiger partial charge in [0.25, 0.3) is 0 Å². The highest BCUT2D eigenvalue weighted by Gasteiger charge is 2.20. The summed E-state index contributed by atoms with van der Waals surface area (Å²) >= 11 is 1.38. The Labute approximate surface area is 176 Å². The number of thioether (sulfide) groups is 1. The molecule has 0 unspecified atom stereocenters. The van der Waals surface area contributed by atoms with E-state index in [-0.39, 0.29) is 16.8 Å². The molecule has 0 fully saturated rings. The zero-order valence-electron chi connectivity index (χ0n) is 17.1. The van der Waals surface area contributed by atoms with Crippen molar-refractivity contribution in [3.8, 4) is 11.5 Å². The van der Waals surface area contributed by atoms with Gasteiger partial charge in [-0.05, 0) is 63.2 Å². The lowest BCUT2D eigenvalue weighted by Crippen LogP contribution is -2.30. The zero-order valence-corrected chi connectivity index (χ0v) is 18.7. The average Bonchev–Trinajstić information content (AvgIpc) is 2.67. The summed E-state index contributed by atoms with van der Waals surface area (Å²) in [5, 5.41) is 2.35. The van der Waals surface area contributed by atoms with E-state index in [1.165, 1.54) is 37.1 Å². The molecule has 158 valence electrons. The second-order valence-corrected chi connectivity index (χ2v) is 9.69. The fourth-order valence-corrected chi connectivity index (χ4v) is 4.62. The summed E-state index contributed by atoms with van der Waals surface area (Å²) in [5.74, 6) is 0.850. The summed E-state index contributed by atoms with van der Waals surface area (Å²) in [4.78, 5) is 13.6. The molecule has 0 bridgehead atoms. The average molecular weight is 439 g/mol. The molecule has 0 aliphatic carbocycles. The van der Waals surface area contributed by atoms with Crippen molar-refractivity contribution in [3.05, 3.63) is 42.5 Å². The number of rotatable bonds is 9. The molecule has 0 aromatic heterocycles. The third kappa shape index (κ3) is 6.38. The molecular weight excluding hydrogens is 412 g/mol. The highest BCUT2D eigenvalue weighted by molar-refractivity contribution is 8.00. The first kappa shape index (κ1) is 23.1. The van der Waals surface area contributed by atoms with Crippen LogP contribution in [0.5, 0.6) is 11.5 Å². The van der Waals surface area contributed by atoms with E-state index in [0.29, 0.717) is 11.4 Å². The quantitative estimate of drug-likeness (QED) is 0.582. The number of hydrogen-bond acceptors (Lipinski definition) is 6. The van der Waals surface area contributed by atoms with Crippen LogP contribution in [0.3, 0.4) is 0 Å². The van der Waals surface area contributed by atoms with E-state index in [0.717, 1.165) is 10.6 Å². The molecule has 0 saturated carbocycles. The van der Waals surface area contributed by atoms with Gasteiger partial charge in [-0.25, -0.2) is 13.1 Å². The van der Waals surface area contributed by atoms with Crippen LogP contribution in [0, 0.1) is 0 Å². The molecule has 0 heterocycles. The number of benzene rings is 2. The van der Waals surface area contributed by atoms with Gasteiger partial charge in [0.05, 0.1) is 30.1 Å². The van der Waals surface area contributed by atoms with Crippen molar-refractivity contribution < 1.29 is 22.7 Å². The van der Waals surface area contributed by atoms with Crippen molar-refractivity contribution in [2.75, 3.05) is 19.5 Å². The summed E-state index contributed by atoms with van der Waals surface area (Å²) < 4.78 is 37.8. The van der Waals surface area contributed by atoms with Gasteiger partial charge in [0.2, 0.25) is 15.9 Å². The van der Waals surface area contributed by atoms with Gasteiger partial charge in [-0.2, -0.15) is 0 Å². The molecule has 2 rings (SSSR count). The molecule has 7 nitrogen and oxygen atoms in total. The predicted molar refractivity (Wildman–Crippen MR) is 115 cm³/mol. The van der Waals surface area contributed by atoms with Crippen LogP contribution in [0.1, 0.15) is 20.8 Å². The summed E-state index contributed by atoms with van der Waals surface area (Å²) in [6.45, 7) is 5.25. The number of sulfonamides is 1. The van der Waals surface area contributed by atoms with Crippen molar-refractivity contribution >= 4 is 33.4 Å². The number of carbonyl (C=O) groups excluding carboxylic acids is 1. The lowest BCUT2D eigenvalue weighted by Gasteiger charge is -2.16. The molecule has 0 saturated heterocycles. The Kier molecular flexibility index (Phi) is 7.95. The van der Waals surface area contributed by atoms with E-state index in [9.17, 15) is 13.2 Å². The molecule has 9 heteroatoms. The van der Waals surface area contributed by atoms with Crippen molar-refractivity contribution in [1.82, 2.24) is 4.72 Å². The summed E-state index contributed by atoms with van der Waals surface area (Å²) in [7, 11) is -0.639. The Morgan fingerprint density at radius 1 is 1.00 bits per heavy atom. The normalized spacial score (nSPS) is 12.5. The molecular formula is C20H26N2O5S2. The third-order valence-electron chi connectivity index (χ3n) is 3.87. The fraction of sp³-hybridized carbons (Fsp3) is 0.350. The number of hydrogen-bond donors (Lipinski definition) is 2. The number of methoxy groups -OCH3 is 2. The van der Waals surface area contributed by atoms with Crippen LogP contribution in [-0.4, -0.2) is 39.8 Å². The van der Waals surface area contributed by atoms with Crippen LogP contribution >= 0.6 is 11.8 Å². The van der Waals surface area contributed by atoms with E-state index in [2.05, 4.69) is 10.0 Å². The van der Waals surface area contributed by atoms with Crippen molar-refractivity contribution in [2.45, 2.75) is 41.9 Å². The largest absolute Gasteiger partial charge is 0.497 e. The Morgan fingerprint density at radius 3 is 2.21 bits per heavy atom. The SMILES string of the molecule is COc1ccc(S[C@H](C)C(=O)Nc2cc(S(=O)(=O)NC(C)C)ccc2OC)cc1. The molecule has 2 aromatic carbocycles.